The summed E-state index contributed by atoms with van der Waals surface area (Å²) >= 11 is 0. The van der Waals surface area contributed by atoms with Gasteiger partial charge < -0.3 is 15.0 Å². The highest BCUT2D eigenvalue weighted by atomic mass is 16.5. The molecule has 2 unspecified atom stereocenters. The first-order valence-corrected chi connectivity index (χ1v) is 10.3. The number of carbonyl (C=O) groups is 2. The van der Waals surface area contributed by atoms with Crippen molar-refractivity contribution in [2.45, 2.75) is 25.4 Å². The molecule has 1 aliphatic heterocycles. The quantitative estimate of drug-likeness (QED) is 0.770. The number of nitrogens with zero attached hydrogens (tertiary/aromatic N) is 4. The first kappa shape index (κ1) is 22.2. The van der Waals surface area contributed by atoms with Crippen LogP contribution in [0.5, 0.6) is 0 Å². The van der Waals surface area contributed by atoms with Gasteiger partial charge in [0.05, 0.1) is 25.6 Å². The zero-order valence-corrected chi connectivity index (χ0v) is 17.8. The van der Waals surface area contributed by atoms with Gasteiger partial charge in [0.1, 0.15) is 6.04 Å². The lowest BCUT2D eigenvalue weighted by Crippen LogP contribution is -2.50. The number of rotatable bonds is 6. The Morgan fingerprint density at radius 3 is 2.48 bits per heavy atom. The molecule has 8 nitrogen and oxygen atoms in total. The van der Waals surface area contributed by atoms with E-state index in [0.717, 1.165) is 16.8 Å². The van der Waals surface area contributed by atoms with Crippen molar-refractivity contribution in [3.05, 3.63) is 65.5 Å². The Labute approximate surface area is 182 Å². The minimum absolute atomic E-state index is 0.0454. The van der Waals surface area contributed by atoms with Crippen molar-refractivity contribution in [3.63, 3.8) is 0 Å². The van der Waals surface area contributed by atoms with Crippen LogP contribution in [0.15, 0.2) is 48.7 Å². The number of nitrogens with one attached hydrogen (secondary N) is 1. The Hall–Kier alpha value is -3.44. The number of hydrogen-bond donors (Lipinski definition) is 1. The Morgan fingerprint density at radius 2 is 1.87 bits per heavy atom. The van der Waals surface area contributed by atoms with Gasteiger partial charge in [-0.1, -0.05) is 36.4 Å². The second-order valence-corrected chi connectivity index (χ2v) is 7.43. The summed E-state index contributed by atoms with van der Waals surface area (Å²) < 4.78 is 4.72. The van der Waals surface area contributed by atoms with Gasteiger partial charge >= 0.3 is 6.09 Å². The van der Waals surface area contributed by atoms with Gasteiger partial charge in [-0.25, -0.2) is 4.79 Å². The number of alkyl carbamates (subject to hydrolysis) is 1. The maximum atomic E-state index is 13.0. The number of piperazine rings is 1. The number of pyridine rings is 1. The smallest absolute Gasteiger partial charge is 0.407 e. The van der Waals surface area contributed by atoms with Gasteiger partial charge in [0, 0.05) is 43.6 Å². The fourth-order valence-electron chi connectivity index (χ4n) is 3.81. The second-order valence-electron chi connectivity index (χ2n) is 7.43. The van der Waals surface area contributed by atoms with Crippen LogP contribution in [0, 0.1) is 18.3 Å². The van der Waals surface area contributed by atoms with Gasteiger partial charge in [-0.15, -0.1) is 0 Å². The molecule has 2 amide bonds. The van der Waals surface area contributed by atoms with Gasteiger partial charge in [-0.2, -0.15) is 5.26 Å². The number of carbonyl (C=O) groups excluding carboxylic acids is 2. The molecule has 1 saturated heterocycles. The Morgan fingerprint density at radius 1 is 1.16 bits per heavy atom. The average molecular weight is 422 g/mol. The molecule has 3 rings (SSSR count). The van der Waals surface area contributed by atoms with E-state index in [-0.39, 0.29) is 18.4 Å². The van der Waals surface area contributed by atoms with Crippen molar-refractivity contribution in [2.24, 2.45) is 0 Å². The predicted octanol–water partition coefficient (Wildman–Crippen LogP) is 2.59. The Kier molecular flexibility index (Phi) is 7.57. The van der Waals surface area contributed by atoms with E-state index in [1.165, 1.54) is 7.11 Å². The van der Waals surface area contributed by atoms with Crippen LogP contribution < -0.4 is 5.32 Å². The maximum Gasteiger partial charge on any atom is 0.407 e. The van der Waals surface area contributed by atoms with Crippen molar-refractivity contribution in [1.82, 2.24) is 20.1 Å². The minimum Gasteiger partial charge on any atom is -0.453 e. The number of ether oxygens (including phenoxy) is 1. The van der Waals surface area contributed by atoms with Crippen molar-refractivity contribution < 1.29 is 14.3 Å². The summed E-state index contributed by atoms with van der Waals surface area (Å²) in [6.07, 6.45) is 1.29. The second kappa shape index (κ2) is 10.5. The zero-order valence-electron chi connectivity index (χ0n) is 17.8. The van der Waals surface area contributed by atoms with Crippen molar-refractivity contribution >= 4 is 12.0 Å². The number of amides is 2. The first-order valence-electron chi connectivity index (χ1n) is 10.3. The Bertz CT molecular complexity index is 936. The molecule has 2 aromatic rings. The van der Waals surface area contributed by atoms with Crippen LogP contribution >= 0.6 is 0 Å². The maximum absolute atomic E-state index is 13.0. The van der Waals surface area contributed by atoms with Crippen LogP contribution in [0.3, 0.4) is 0 Å². The van der Waals surface area contributed by atoms with Gasteiger partial charge in [-0.05, 0) is 18.6 Å². The molecule has 1 aromatic carbocycles. The molecule has 162 valence electrons. The van der Waals surface area contributed by atoms with E-state index in [2.05, 4.69) is 21.3 Å². The van der Waals surface area contributed by atoms with Crippen LogP contribution in [-0.4, -0.2) is 60.1 Å². The van der Waals surface area contributed by atoms with E-state index in [1.807, 2.05) is 49.4 Å². The van der Waals surface area contributed by atoms with E-state index in [9.17, 15) is 14.9 Å². The highest BCUT2D eigenvalue weighted by molar-refractivity contribution is 5.78. The summed E-state index contributed by atoms with van der Waals surface area (Å²) in [5.74, 6) is -0.0454. The van der Waals surface area contributed by atoms with E-state index in [0.29, 0.717) is 26.2 Å². The third-order valence-corrected chi connectivity index (χ3v) is 5.55. The number of hydrogen-bond acceptors (Lipinski definition) is 6. The van der Waals surface area contributed by atoms with Gasteiger partial charge in [0.15, 0.2) is 0 Å². The third-order valence-electron chi connectivity index (χ3n) is 5.55. The van der Waals surface area contributed by atoms with Gasteiger partial charge in [-0.3, -0.25) is 14.7 Å². The summed E-state index contributed by atoms with van der Waals surface area (Å²) in [5.41, 5.74) is 2.58. The molecule has 0 radical (unpaired) electrons. The molecule has 0 spiro atoms. The summed E-state index contributed by atoms with van der Waals surface area (Å²) in [4.78, 5) is 32.9. The molecule has 1 N–H and O–H groups in total. The molecule has 31 heavy (non-hydrogen) atoms. The monoisotopic (exact) mass is 421 g/mol. The fourth-order valence-corrected chi connectivity index (χ4v) is 3.81. The van der Waals surface area contributed by atoms with E-state index < -0.39 is 12.1 Å². The van der Waals surface area contributed by atoms with Crippen molar-refractivity contribution in [1.29, 1.82) is 5.26 Å². The molecule has 1 aliphatic rings. The number of methoxy groups -OCH3 is 1. The first-order chi connectivity index (χ1) is 15.0. The highest BCUT2D eigenvalue weighted by Gasteiger charge is 2.29. The van der Waals surface area contributed by atoms with Crippen LogP contribution in [0.25, 0.3) is 0 Å². The molecule has 8 heteroatoms. The topological polar surface area (TPSA) is 98.6 Å². The van der Waals surface area contributed by atoms with Crippen LogP contribution in [0.2, 0.25) is 0 Å². The minimum atomic E-state index is -0.574. The molecule has 2 atom stereocenters. The zero-order chi connectivity index (χ0) is 22.2. The van der Waals surface area contributed by atoms with Crippen LogP contribution in [0.1, 0.15) is 35.3 Å². The van der Waals surface area contributed by atoms with Gasteiger partial charge in [0.25, 0.3) is 0 Å². The molecular weight excluding hydrogens is 394 g/mol. The van der Waals surface area contributed by atoms with Gasteiger partial charge in [0.2, 0.25) is 5.91 Å². The number of aryl methyl sites for hydroxylation is 1. The highest BCUT2D eigenvalue weighted by Crippen LogP contribution is 2.24. The molecule has 2 heterocycles. The van der Waals surface area contributed by atoms with Crippen LogP contribution in [0.4, 0.5) is 4.79 Å². The molecule has 1 aromatic heterocycles. The van der Waals surface area contributed by atoms with Crippen molar-refractivity contribution in [3.8, 4) is 6.07 Å². The average Bonchev–Trinajstić information content (AvgIpc) is 2.81. The molecule has 0 bridgehead atoms. The van der Waals surface area contributed by atoms with Crippen molar-refractivity contribution in [2.75, 3.05) is 33.3 Å². The number of aromatic nitrogens is 1. The van der Waals surface area contributed by atoms with E-state index in [1.54, 1.807) is 11.1 Å². The van der Waals surface area contributed by atoms with E-state index in [4.69, 9.17) is 4.74 Å². The molecule has 1 fully saturated rings. The Balaban J connectivity index is 1.63. The fraction of sp³-hybridized carbons (Fsp3) is 0.391. The lowest BCUT2D eigenvalue weighted by atomic mass is 10.0. The van der Waals surface area contributed by atoms with Crippen LogP contribution in [-0.2, 0) is 9.53 Å². The summed E-state index contributed by atoms with van der Waals surface area (Å²) in [6.45, 7) is 4.14. The third kappa shape index (κ3) is 5.58. The normalized spacial score (nSPS) is 16.1. The molecule has 0 aliphatic carbocycles. The number of benzene rings is 1. The molecular formula is C23H27N5O3. The number of nitriles is 1. The summed E-state index contributed by atoms with van der Waals surface area (Å²) in [5, 5.41) is 12.5. The SMILES string of the molecule is COC(=O)NC(CC(=O)N1CCN(C(C#N)c2cccnc2C)CC1)c1ccccc1. The lowest BCUT2D eigenvalue weighted by molar-refractivity contribution is -0.133. The standard InChI is InChI=1S/C23H27N5O3/c1-17-19(9-6-10-25-17)21(16-24)27-11-13-28(14-12-27)22(29)15-20(26-23(30)31-2)18-7-4-3-5-8-18/h3-10,20-21H,11-15H2,1-2H3,(H,26,30). The summed E-state index contributed by atoms with van der Waals surface area (Å²) in [6, 6.07) is 14.7. The van der Waals surface area contributed by atoms with E-state index >= 15 is 0 Å². The molecule has 0 saturated carbocycles. The largest absolute Gasteiger partial charge is 0.453 e. The lowest BCUT2D eigenvalue weighted by Gasteiger charge is -2.37. The predicted molar refractivity (Wildman–Crippen MR) is 115 cm³/mol. The summed E-state index contributed by atoms with van der Waals surface area (Å²) in [7, 11) is 1.30.